The fraction of sp³-hybridized carbons (Fsp3) is 0.389. The predicted molar refractivity (Wildman–Crippen MR) is 94.7 cm³/mol. The molecule has 2 fully saturated rings. The van der Waals surface area contributed by atoms with Gasteiger partial charge < -0.3 is 14.8 Å². The lowest BCUT2D eigenvalue weighted by Gasteiger charge is -2.29. The Labute approximate surface area is 144 Å². The summed E-state index contributed by atoms with van der Waals surface area (Å²) < 4.78 is 1.44. The smallest absolute Gasteiger partial charge is 0.259 e. The number of nitrogens with zero attached hydrogens (tertiary/aromatic N) is 2. The van der Waals surface area contributed by atoms with Crippen LogP contribution >= 0.6 is 0 Å². The number of anilines is 1. The van der Waals surface area contributed by atoms with Crippen molar-refractivity contribution in [2.75, 3.05) is 31.1 Å². The van der Waals surface area contributed by atoms with Crippen molar-refractivity contribution in [2.45, 2.75) is 18.9 Å². The minimum Gasteiger partial charge on any atom is -0.369 e. The molecule has 2 saturated heterocycles. The van der Waals surface area contributed by atoms with Crippen LogP contribution in [0, 0.1) is 0 Å². The van der Waals surface area contributed by atoms with Gasteiger partial charge in [-0.05, 0) is 36.1 Å². The van der Waals surface area contributed by atoms with Gasteiger partial charge in [0.25, 0.3) is 5.56 Å². The maximum Gasteiger partial charge on any atom is 0.259 e. The van der Waals surface area contributed by atoms with Crippen molar-refractivity contribution in [3.63, 3.8) is 0 Å². The van der Waals surface area contributed by atoms with Crippen LogP contribution in [0.3, 0.4) is 0 Å². The van der Waals surface area contributed by atoms with E-state index < -0.39 is 11.9 Å². The Kier molecular flexibility index (Phi) is 4.01. The molecule has 0 aliphatic carbocycles. The Balaban J connectivity index is 1.70. The van der Waals surface area contributed by atoms with E-state index in [1.165, 1.54) is 4.57 Å². The molecule has 1 atom stereocenters. The Morgan fingerprint density at radius 1 is 1.04 bits per heavy atom. The number of rotatable bonds is 2. The van der Waals surface area contributed by atoms with Crippen molar-refractivity contribution >= 4 is 28.3 Å². The fourth-order valence-electron chi connectivity index (χ4n) is 3.56. The van der Waals surface area contributed by atoms with Crippen LogP contribution in [-0.4, -0.2) is 42.6 Å². The Bertz CT molecular complexity index is 899. The fourth-order valence-corrected chi connectivity index (χ4v) is 3.56. The van der Waals surface area contributed by atoms with E-state index in [0.29, 0.717) is 11.8 Å². The van der Waals surface area contributed by atoms with Gasteiger partial charge in [0.2, 0.25) is 11.8 Å². The first-order valence-electron chi connectivity index (χ1n) is 8.58. The van der Waals surface area contributed by atoms with E-state index in [4.69, 9.17) is 0 Å². The minimum atomic E-state index is -0.623. The van der Waals surface area contributed by atoms with Gasteiger partial charge in [0.15, 0.2) is 0 Å². The number of piperazine rings is 1. The van der Waals surface area contributed by atoms with E-state index in [9.17, 15) is 14.4 Å². The third kappa shape index (κ3) is 2.91. The highest BCUT2D eigenvalue weighted by Crippen LogP contribution is 2.23. The Hall–Kier alpha value is -2.67. The van der Waals surface area contributed by atoms with E-state index in [0.717, 1.165) is 37.3 Å². The summed E-state index contributed by atoms with van der Waals surface area (Å²) in [5.41, 5.74) is 0.908. The van der Waals surface area contributed by atoms with Crippen molar-refractivity contribution in [1.29, 1.82) is 0 Å². The third-order valence-corrected chi connectivity index (χ3v) is 4.94. The summed E-state index contributed by atoms with van der Waals surface area (Å²) in [4.78, 5) is 38.5. The summed E-state index contributed by atoms with van der Waals surface area (Å²) in [6, 6.07) is 7.06. The van der Waals surface area contributed by atoms with Gasteiger partial charge in [0, 0.05) is 49.9 Å². The molecule has 7 heteroatoms. The van der Waals surface area contributed by atoms with E-state index in [-0.39, 0.29) is 17.9 Å². The first kappa shape index (κ1) is 15.8. The number of nitrogens with one attached hydrogen (secondary N) is 2. The standard InChI is InChI=1S/C18H20N4O3/c23-16-4-3-15(17(24)20-16)22-8-5-12-11-13(1-2-14(12)18(22)25)21-9-6-19-7-10-21/h1-2,5,8,11,15,19H,3-4,6-7,9-10H2,(H,20,23,24). The van der Waals surface area contributed by atoms with Gasteiger partial charge in [-0.15, -0.1) is 0 Å². The lowest BCUT2D eigenvalue weighted by Crippen LogP contribution is -2.44. The molecule has 0 spiro atoms. The SMILES string of the molecule is O=C1CCC(n2ccc3cc(N4CCNCC4)ccc3c2=O)C(=O)N1. The second-order valence-electron chi connectivity index (χ2n) is 6.50. The molecule has 4 rings (SSSR count). The lowest BCUT2D eigenvalue weighted by molar-refractivity contribution is -0.135. The molecule has 2 aromatic rings. The molecule has 3 heterocycles. The zero-order valence-electron chi connectivity index (χ0n) is 13.8. The molecule has 2 amide bonds. The molecular formula is C18H20N4O3. The number of benzene rings is 1. The van der Waals surface area contributed by atoms with Crippen LogP contribution < -0.4 is 21.1 Å². The van der Waals surface area contributed by atoms with Crippen LogP contribution in [0.25, 0.3) is 10.8 Å². The van der Waals surface area contributed by atoms with Gasteiger partial charge >= 0.3 is 0 Å². The van der Waals surface area contributed by atoms with E-state index >= 15 is 0 Å². The molecule has 0 saturated carbocycles. The highest BCUT2D eigenvalue weighted by molar-refractivity contribution is 5.99. The number of piperidine rings is 1. The van der Waals surface area contributed by atoms with Gasteiger partial charge in [0.05, 0.1) is 0 Å². The van der Waals surface area contributed by atoms with Gasteiger partial charge in [-0.1, -0.05) is 0 Å². The van der Waals surface area contributed by atoms with Gasteiger partial charge in [-0.3, -0.25) is 19.7 Å². The molecule has 2 aliphatic rings. The lowest BCUT2D eigenvalue weighted by atomic mass is 10.0. The van der Waals surface area contributed by atoms with Crippen LogP contribution in [0.2, 0.25) is 0 Å². The molecule has 2 N–H and O–H groups in total. The molecule has 1 unspecified atom stereocenters. The number of amides is 2. The highest BCUT2D eigenvalue weighted by atomic mass is 16.2. The zero-order valence-corrected chi connectivity index (χ0v) is 13.8. The number of pyridine rings is 1. The number of carbonyl (C=O) groups excluding carboxylic acids is 2. The first-order valence-corrected chi connectivity index (χ1v) is 8.58. The van der Waals surface area contributed by atoms with E-state index in [1.54, 1.807) is 6.20 Å². The Morgan fingerprint density at radius 3 is 2.60 bits per heavy atom. The average Bonchev–Trinajstić information content (AvgIpc) is 2.63. The zero-order chi connectivity index (χ0) is 17.4. The summed E-state index contributed by atoms with van der Waals surface area (Å²) in [6.07, 6.45) is 2.27. The Morgan fingerprint density at radius 2 is 1.84 bits per heavy atom. The van der Waals surface area contributed by atoms with Crippen LogP contribution in [0.1, 0.15) is 18.9 Å². The van der Waals surface area contributed by atoms with Gasteiger partial charge in [-0.2, -0.15) is 0 Å². The topological polar surface area (TPSA) is 83.4 Å². The van der Waals surface area contributed by atoms with Crippen molar-refractivity contribution in [1.82, 2.24) is 15.2 Å². The molecule has 0 radical (unpaired) electrons. The second-order valence-corrected chi connectivity index (χ2v) is 6.50. The third-order valence-electron chi connectivity index (χ3n) is 4.94. The molecule has 0 bridgehead atoms. The number of fused-ring (bicyclic) bond motifs is 1. The molecule has 1 aromatic carbocycles. The van der Waals surface area contributed by atoms with Crippen LogP contribution in [0.4, 0.5) is 5.69 Å². The molecule has 2 aliphatic heterocycles. The molecule has 7 nitrogen and oxygen atoms in total. The largest absolute Gasteiger partial charge is 0.369 e. The summed E-state index contributed by atoms with van der Waals surface area (Å²) in [5, 5.41) is 7.08. The predicted octanol–water partition coefficient (Wildman–Crippen LogP) is 0.389. The normalized spacial score (nSPS) is 21.4. The maximum absolute atomic E-state index is 12.8. The summed E-state index contributed by atoms with van der Waals surface area (Å²) in [6.45, 7) is 3.79. The number of hydrogen-bond acceptors (Lipinski definition) is 5. The first-order chi connectivity index (χ1) is 12.1. The number of carbonyl (C=O) groups is 2. The van der Waals surface area contributed by atoms with Crippen LogP contribution in [0.5, 0.6) is 0 Å². The van der Waals surface area contributed by atoms with Crippen molar-refractivity contribution < 1.29 is 9.59 Å². The van der Waals surface area contributed by atoms with Gasteiger partial charge in [-0.25, -0.2) is 0 Å². The van der Waals surface area contributed by atoms with E-state index in [2.05, 4.69) is 15.5 Å². The van der Waals surface area contributed by atoms with Crippen LogP contribution in [0.15, 0.2) is 35.3 Å². The molecule has 1 aromatic heterocycles. The van der Waals surface area contributed by atoms with E-state index in [1.807, 2.05) is 24.3 Å². The average molecular weight is 340 g/mol. The maximum atomic E-state index is 12.8. The molecule has 130 valence electrons. The highest BCUT2D eigenvalue weighted by Gasteiger charge is 2.28. The number of aromatic nitrogens is 1. The number of imide groups is 1. The van der Waals surface area contributed by atoms with Crippen molar-refractivity contribution in [3.05, 3.63) is 40.8 Å². The number of hydrogen-bond donors (Lipinski definition) is 2. The quantitative estimate of drug-likeness (QED) is 0.773. The summed E-state index contributed by atoms with van der Waals surface area (Å²) in [5.74, 6) is -0.689. The minimum absolute atomic E-state index is 0.196. The van der Waals surface area contributed by atoms with Crippen LogP contribution in [-0.2, 0) is 9.59 Å². The molecule has 25 heavy (non-hydrogen) atoms. The summed E-state index contributed by atoms with van der Waals surface area (Å²) >= 11 is 0. The van der Waals surface area contributed by atoms with Gasteiger partial charge in [0.1, 0.15) is 6.04 Å². The monoisotopic (exact) mass is 340 g/mol. The second kappa shape index (κ2) is 6.33. The van der Waals surface area contributed by atoms with Crippen molar-refractivity contribution in [3.8, 4) is 0 Å². The van der Waals surface area contributed by atoms with Crippen molar-refractivity contribution in [2.24, 2.45) is 0 Å². The summed E-state index contributed by atoms with van der Waals surface area (Å²) in [7, 11) is 0. The molecular weight excluding hydrogens is 320 g/mol.